The first kappa shape index (κ1) is 24.7. The Morgan fingerprint density at radius 1 is 0.941 bits per heavy atom. The standard InChI is InChI=1S/C28H36N2O3S/c1-18(2)22-15-24(19(3)4)28(25(16-22)20(5)6)34(31,32)30-14-12-23(17-30)33-26-11-7-9-21-10-8-13-29-27(21)26/h7-11,13,15-16,18-20,23H,12,14,17H2,1-6H3. The average molecular weight is 481 g/mol. The Balaban J connectivity index is 1.67. The molecule has 0 saturated carbocycles. The second-order valence-corrected chi connectivity index (χ2v) is 12.1. The topological polar surface area (TPSA) is 59.5 Å². The maximum absolute atomic E-state index is 14.0. The molecule has 1 aliphatic heterocycles. The van der Waals surface area contributed by atoms with Gasteiger partial charge in [-0.2, -0.15) is 4.31 Å². The summed E-state index contributed by atoms with van der Waals surface area (Å²) < 4.78 is 36.0. The van der Waals surface area contributed by atoms with Crippen LogP contribution in [0.25, 0.3) is 10.9 Å². The molecule has 0 spiro atoms. The van der Waals surface area contributed by atoms with Gasteiger partial charge in [-0.3, -0.25) is 4.98 Å². The van der Waals surface area contributed by atoms with Gasteiger partial charge in [0.05, 0.1) is 11.4 Å². The molecular weight excluding hydrogens is 444 g/mol. The molecule has 182 valence electrons. The summed E-state index contributed by atoms with van der Waals surface area (Å²) in [7, 11) is -3.66. The van der Waals surface area contributed by atoms with E-state index in [1.54, 1.807) is 10.5 Å². The molecule has 0 radical (unpaired) electrons. The SMILES string of the molecule is CC(C)c1cc(C(C)C)c(S(=O)(=O)N2CCC(Oc3cccc4cccnc34)C2)c(C(C)C)c1. The summed E-state index contributed by atoms with van der Waals surface area (Å²) in [5, 5.41) is 1.01. The molecule has 1 unspecified atom stereocenters. The van der Waals surface area contributed by atoms with Crippen molar-refractivity contribution >= 4 is 20.9 Å². The minimum Gasteiger partial charge on any atom is -0.487 e. The maximum atomic E-state index is 14.0. The van der Waals surface area contributed by atoms with Crippen LogP contribution in [0, 0.1) is 0 Å². The van der Waals surface area contributed by atoms with Crippen LogP contribution in [0.5, 0.6) is 5.75 Å². The molecule has 1 aliphatic rings. The van der Waals surface area contributed by atoms with E-state index < -0.39 is 10.0 Å². The second-order valence-electron chi connectivity index (χ2n) is 10.2. The molecule has 6 heteroatoms. The summed E-state index contributed by atoms with van der Waals surface area (Å²) in [6.45, 7) is 13.4. The van der Waals surface area contributed by atoms with Crippen LogP contribution >= 0.6 is 0 Å². The average Bonchev–Trinajstić information content (AvgIpc) is 3.27. The highest BCUT2D eigenvalue weighted by Crippen LogP contribution is 2.38. The Labute approximate surface area is 204 Å². The zero-order valence-electron chi connectivity index (χ0n) is 21.1. The summed E-state index contributed by atoms with van der Waals surface area (Å²) in [4.78, 5) is 4.96. The molecule has 0 N–H and O–H groups in total. The first-order chi connectivity index (χ1) is 16.1. The highest BCUT2D eigenvalue weighted by molar-refractivity contribution is 7.89. The van der Waals surface area contributed by atoms with Gasteiger partial charge in [0.15, 0.2) is 0 Å². The summed E-state index contributed by atoms with van der Waals surface area (Å²) in [6, 6.07) is 14.0. The molecule has 0 aliphatic carbocycles. The molecule has 4 rings (SSSR count). The smallest absolute Gasteiger partial charge is 0.243 e. The van der Waals surface area contributed by atoms with Crippen LogP contribution in [0.3, 0.4) is 0 Å². The van der Waals surface area contributed by atoms with Crippen molar-refractivity contribution in [2.75, 3.05) is 13.1 Å². The zero-order chi connectivity index (χ0) is 24.6. The summed E-state index contributed by atoms with van der Waals surface area (Å²) >= 11 is 0. The monoisotopic (exact) mass is 480 g/mol. The predicted octanol–water partition coefficient (Wildman–Crippen LogP) is 6.45. The number of para-hydroxylation sites is 1. The lowest BCUT2D eigenvalue weighted by atomic mass is 9.89. The third-order valence-electron chi connectivity index (χ3n) is 6.67. The number of nitrogens with zero attached hydrogens (tertiary/aromatic N) is 2. The highest BCUT2D eigenvalue weighted by atomic mass is 32.2. The normalized spacial score (nSPS) is 17.4. The number of hydrogen-bond donors (Lipinski definition) is 0. The molecule has 1 fully saturated rings. The van der Waals surface area contributed by atoms with Crippen LogP contribution in [0.2, 0.25) is 0 Å². The van der Waals surface area contributed by atoms with Crippen molar-refractivity contribution in [3.63, 3.8) is 0 Å². The fourth-order valence-corrected chi connectivity index (χ4v) is 6.83. The van der Waals surface area contributed by atoms with Gasteiger partial charge in [0.2, 0.25) is 10.0 Å². The molecule has 34 heavy (non-hydrogen) atoms. The summed E-state index contributed by atoms with van der Waals surface area (Å²) in [5.74, 6) is 1.26. The van der Waals surface area contributed by atoms with Crippen molar-refractivity contribution in [3.8, 4) is 5.75 Å². The van der Waals surface area contributed by atoms with E-state index in [1.165, 1.54) is 5.56 Å². The molecule has 1 aromatic heterocycles. The fourth-order valence-electron chi connectivity index (χ4n) is 4.68. The van der Waals surface area contributed by atoms with Gasteiger partial charge in [-0.15, -0.1) is 0 Å². The van der Waals surface area contributed by atoms with Gasteiger partial charge >= 0.3 is 0 Å². The number of aromatic nitrogens is 1. The number of ether oxygens (including phenoxy) is 1. The van der Waals surface area contributed by atoms with Crippen molar-refractivity contribution in [1.82, 2.24) is 9.29 Å². The van der Waals surface area contributed by atoms with Crippen LogP contribution in [-0.2, 0) is 10.0 Å². The van der Waals surface area contributed by atoms with Gasteiger partial charge < -0.3 is 4.74 Å². The number of sulfonamides is 1. The predicted molar refractivity (Wildman–Crippen MR) is 138 cm³/mol. The van der Waals surface area contributed by atoms with E-state index in [9.17, 15) is 8.42 Å². The van der Waals surface area contributed by atoms with Crippen LogP contribution < -0.4 is 4.74 Å². The van der Waals surface area contributed by atoms with E-state index in [0.717, 1.165) is 22.0 Å². The lowest BCUT2D eigenvalue weighted by molar-refractivity contribution is 0.218. The van der Waals surface area contributed by atoms with Crippen molar-refractivity contribution in [3.05, 3.63) is 65.4 Å². The van der Waals surface area contributed by atoms with Crippen LogP contribution in [0.15, 0.2) is 53.6 Å². The fraction of sp³-hybridized carbons (Fsp3) is 0.464. The largest absolute Gasteiger partial charge is 0.487 e. The van der Waals surface area contributed by atoms with E-state index >= 15 is 0 Å². The van der Waals surface area contributed by atoms with Gasteiger partial charge in [-0.05, 0) is 53.0 Å². The van der Waals surface area contributed by atoms with Crippen LogP contribution in [0.1, 0.15) is 82.4 Å². The van der Waals surface area contributed by atoms with Crippen LogP contribution in [-0.4, -0.2) is 36.9 Å². The molecule has 1 atom stereocenters. The molecular formula is C28H36N2O3S. The Morgan fingerprint density at radius 3 is 2.21 bits per heavy atom. The summed E-state index contributed by atoms with van der Waals surface area (Å²) in [5.41, 5.74) is 3.83. The second kappa shape index (κ2) is 9.67. The third-order valence-corrected chi connectivity index (χ3v) is 8.67. The highest BCUT2D eigenvalue weighted by Gasteiger charge is 2.37. The Hall–Kier alpha value is -2.44. The van der Waals surface area contributed by atoms with Gasteiger partial charge in [0.1, 0.15) is 17.4 Å². The third kappa shape index (κ3) is 4.71. The first-order valence-corrected chi connectivity index (χ1v) is 13.7. The maximum Gasteiger partial charge on any atom is 0.243 e. The van der Waals surface area contributed by atoms with Gasteiger partial charge in [0, 0.05) is 18.1 Å². The lowest BCUT2D eigenvalue weighted by Gasteiger charge is -2.26. The van der Waals surface area contributed by atoms with Gasteiger partial charge in [0.25, 0.3) is 0 Å². The molecule has 2 heterocycles. The Kier molecular flexibility index (Phi) is 7.02. The minimum absolute atomic E-state index is 0.109. The van der Waals surface area contributed by atoms with E-state index in [-0.39, 0.29) is 17.9 Å². The number of pyridine rings is 1. The van der Waals surface area contributed by atoms with Crippen LogP contribution in [0.4, 0.5) is 0 Å². The molecule has 0 amide bonds. The van der Waals surface area contributed by atoms with E-state index in [2.05, 4.69) is 58.7 Å². The van der Waals surface area contributed by atoms with Crippen molar-refractivity contribution in [1.29, 1.82) is 0 Å². The molecule has 0 bridgehead atoms. The van der Waals surface area contributed by atoms with E-state index in [0.29, 0.717) is 36.1 Å². The van der Waals surface area contributed by atoms with Crippen molar-refractivity contribution in [2.45, 2.75) is 76.7 Å². The zero-order valence-corrected chi connectivity index (χ0v) is 21.9. The first-order valence-electron chi connectivity index (χ1n) is 12.3. The molecule has 3 aromatic rings. The number of benzene rings is 2. The van der Waals surface area contributed by atoms with Crippen molar-refractivity contribution < 1.29 is 13.2 Å². The van der Waals surface area contributed by atoms with Crippen molar-refractivity contribution in [2.24, 2.45) is 0 Å². The summed E-state index contributed by atoms with van der Waals surface area (Å²) in [6.07, 6.45) is 2.20. The number of rotatable bonds is 7. The van der Waals surface area contributed by atoms with Gasteiger partial charge in [-0.1, -0.05) is 71.9 Å². The van der Waals surface area contributed by atoms with E-state index in [1.807, 2.05) is 30.3 Å². The Morgan fingerprint density at radius 2 is 1.59 bits per heavy atom. The molecule has 1 saturated heterocycles. The quantitative estimate of drug-likeness (QED) is 0.390. The van der Waals surface area contributed by atoms with Gasteiger partial charge in [-0.25, -0.2) is 8.42 Å². The number of fused-ring (bicyclic) bond motifs is 1. The minimum atomic E-state index is -3.66. The Bertz CT molecular complexity index is 1250. The number of hydrogen-bond acceptors (Lipinski definition) is 4. The molecule has 5 nitrogen and oxygen atoms in total. The lowest BCUT2D eigenvalue weighted by Crippen LogP contribution is -2.32. The van der Waals surface area contributed by atoms with E-state index in [4.69, 9.17) is 4.74 Å². The molecule has 2 aromatic carbocycles.